The molecule has 1 saturated heterocycles. The van der Waals surface area contributed by atoms with Crippen LogP contribution < -0.4 is 10.6 Å². The van der Waals surface area contributed by atoms with Crippen molar-refractivity contribution in [2.75, 3.05) is 40.3 Å². The molecule has 7 heteroatoms. The highest BCUT2D eigenvalue weighted by Gasteiger charge is 2.13. The second-order valence-electron chi connectivity index (χ2n) is 6.77. The van der Waals surface area contributed by atoms with Crippen LogP contribution in [-0.4, -0.2) is 63.2 Å². The van der Waals surface area contributed by atoms with Gasteiger partial charge in [0.2, 0.25) is 5.91 Å². The van der Waals surface area contributed by atoms with Crippen molar-refractivity contribution >= 4 is 23.2 Å². The molecule has 1 aliphatic rings. The zero-order valence-corrected chi connectivity index (χ0v) is 16.8. The Kier molecular flexibility index (Phi) is 9.48. The van der Waals surface area contributed by atoms with Crippen molar-refractivity contribution in [1.82, 2.24) is 15.5 Å². The first kappa shape index (κ1) is 20.7. The number of carbonyl (C=O) groups excluding carboxylic acids is 1. The number of nitrogens with one attached hydrogen (secondary N) is 2. The largest absolute Gasteiger partial charge is 0.378 e. The van der Waals surface area contributed by atoms with Crippen molar-refractivity contribution in [2.45, 2.75) is 44.6 Å². The fraction of sp³-hybridized carbons (Fsp3) is 0.684. The number of thiophene rings is 1. The van der Waals surface area contributed by atoms with Crippen molar-refractivity contribution in [3.63, 3.8) is 0 Å². The van der Waals surface area contributed by atoms with Gasteiger partial charge in [0.05, 0.1) is 6.10 Å². The third kappa shape index (κ3) is 8.19. The van der Waals surface area contributed by atoms with Crippen LogP contribution in [0.25, 0.3) is 0 Å². The summed E-state index contributed by atoms with van der Waals surface area (Å²) in [7, 11) is 3.50. The molecule has 1 atom stereocenters. The molecule has 0 bridgehead atoms. The third-order valence-corrected chi connectivity index (χ3v) is 5.32. The number of nitrogens with zero attached hydrogens (tertiary/aromatic N) is 2. The molecule has 0 aliphatic carbocycles. The van der Waals surface area contributed by atoms with E-state index in [4.69, 9.17) is 4.74 Å². The number of ether oxygens (including phenoxy) is 1. The summed E-state index contributed by atoms with van der Waals surface area (Å²) in [5.74, 6) is 0.710. The van der Waals surface area contributed by atoms with Crippen molar-refractivity contribution < 1.29 is 9.53 Å². The second kappa shape index (κ2) is 11.9. The van der Waals surface area contributed by atoms with Crippen LogP contribution in [0.15, 0.2) is 22.5 Å². The molecule has 0 radical (unpaired) electrons. The molecule has 0 aromatic carbocycles. The van der Waals surface area contributed by atoms with Gasteiger partial charge in [-0.15, -0.1) is 11.3 Å². The summed E-state index contributed by atoms with van der Waals surface area (Å²) in [6.45, 7) is 2.70. The normalized spacial score (nSPS) is 17.8. The molecule has 2 rings (SSSR count). The van der Waals surface area contributed by atoms with Crippen LogP contribution in [0.5, 0.6) is 0 Å². The Morgan fingerprint density at radius 1 is 1.35 bits per heavy atom. The van der Waals surface area contributed by atoms with Gasteiger partial charge in [0.1, 0.15) is 6.54 Å². The van der Waals surface area contributed by atoms with Crippen molar-refractivity contribution in [3.05, 3.63) is 22.4 Å². The van der Waals surface area contributed by atoms with Crippen LogP contribution in [0.2, 0.25) is 0 Å². The van der Waals surface area contributed by atoms with Gasteiger partial charge in [-0.3, -0.25) is 4.79 Å². The van der Waals surface area contributed by atoms with E-state index < -0.39 is 0 Å². The minimum Gasteiger partial charge on any atom is -0.378 e. The van der Waals surface area contributed by atoms with Gasteiger partial charge in [-0.25, -0.2) is 4.99 Å². The van der Waals surface area contributed by atoms with Crippen LogP contribution in [0, 0.1) is 0 Å². The van der Waals surface area contributed by atoms with E-state index in [0.717, 1.165) is 39.0 Å². The molecule has 6 nitrogen and oxygen atoms in total. The minimum atomic E-state index is -0.0000348. The van der Waals surface area contributed by atoms with E-state index in [1.54, 1.807) is 30.3 Å². The fourth-order valence-electron chi connectivity index (χ4n) is 2.79. The van der Waals surface area contributed by atoms with Gasteiger partial charge in [0.25, 0.3) is 0 Å². The molecule has 1 fully saturated rings. The Bertz CT molecular complexity index is 540. The van der Waals surface area contributed by atoms with Crippen LogP contribution in [0.3, 0.4) is 0 Å². The zero-order valence-electron chi connectivity index (χ0n) is 16.0. The van der Waals surface area contributed by atoms with E-state index in [0.29, 0.717) is 12.1 Å². The summed E-state index contributed by atoms with van der Waals surface area (Å²) in [5, 5.41) is 8.77. The van der Waals surface area contributed by atoms with Crippen molar-refractivity contribution in [3.8, 4) is 0 Å². The Labute approximate surface area is 161 Å². The smallest absolute Gasteiger partial charge is 0.243 e. The molecule has 0 spiro atoms. The van der Waals surface area contributed by atoms with E-state index in [-0.39, 0.29) is 12.5 Å². The molecule has 0 saturated carbocycles. The second-order valence-corrected chi connectivity index (χ2v) is 7.80. The fourth-order valence-corrected chi connectivity index (χ4v) is 3.50. The van der Waals surface area contributed by atoms with Gasteiger partial charge in [0, 0.05) is 38.7 Å². The number of likely N-dealkylation sites (N-methyl/N-ethyl adjacent to an activating group) is 1. The first-order valence-electron chi connectivity index (χ1n) is 9.51. The molecular weight excluding hydrogens is 348 g/mol. The predicted octanol–water partition coefficient (Wildman–Crippen LogP) is 2.26. The van der Waals surface area contributed by atoms with Gasteiger partial charge < -0.3 is 20.3 Å². The lowest BCUT2D eigenvalue weighted by Crippen LogP contribution is -2.40. The number of rotatable bonds is 9. The number of hydrogen-bond donors (Lipinski definition) is 2. The van der Waals surface area contributed by atoms with E-state index in [1.165, 1.54) is 24.1 Å². The highest BCUT2D eigenvalue weighted by Crippen LogP contribution is 2.16. The van der Waals surface area contributed by atoms with Crippen LogP contribution in [0.4, 0.5) is 0 Å². The van der Waals surface area contributed by atoms with E-state index in [9.17, 15) is 4.79 Å². The maximum Gasteiger partial charge on any atom is 0.243 e. The summed E-state index contributed by atoms with van der Waals surface area (Å²) in [5.41, 5.74) is 0. The van der Waals surface area contributed by atoms with Crippen molar-refractivity contribution in [1.29, 1.82) is 0 Å². The number of amides is 1. The number of hydrogen-bond acceptors (Lipinski definition) is 4. The first-order valence-corrected chi connectivity index (χ1v) is 10.4. The Morgan fingerprint density at radius 2 is 2.19 bits per heavy atom. The van der Waals surface area contributed by atoms with E-state index in [2.05, 4.69) is 33.1 Å². The Hall–Kier alpha value is -1.60. The van der Waals surface area contributed by atoms with Gasteiger partial charge in [0.15, 0.2) is 5.96 Å². The molecule has 1 aromatic heterocycles. The lowest BCUT2D eigenvalue weighted by Gasteiger charge is -2.22. The highest BCUT2D eigenvalue weighted by molar-refractivity contribution is 7.09. The summed E-state index contributed by atoms with van der Waals surface area (Å²) < 4.78 is 5.77. The monoisotopic (exact) mass is 380 g/mol. The number of carbonyl (C=O) groups is 1. The molecule has 1 aromatic rings. The predicted molar refractivity (Wildman–Crippen MR) is 108 cm³/mol. The zero-order chi connectivity index (χ0) is 18.6. The highest BCUT2D eigenvalue weighted by atomic mass is 32.1. The standard InChI is InChI=1S/C19H32N4O2S/c1-23(2)18(24)15-22-19(21-12-10-17-9-6-14-26-17)20-11-5-8-16-7-3-4-13-25-16/h6,9,14,16H,3-5,7-8,10-13,15H2,1-2H3,(H2,20,21,22). The van der Waals surface area contributed by atoms with Crippen LogP contribution in [-0.2, 0) is 16.0 Å². The SMILES string of the molecule is CN(C)C(=O)CN=C(NCCCC1CCCCO1)NCCc1cccs1. The summed E-state index contributed by atoms with van der Waals surface area (Å²) in [6.07, 6.45) is 7.13. The molecule has 2 heterocycles. The summed E-state index contributed by atoms with van der Waals surface area (Å²) in [4.78, 5) is 19.1. The molecule has 146 valence electrons. The average Bonchev–Trinajstić information content (AvgIpc) is 3.16. The Balaban J connectivity index is 1.73. The molecule has 1 unspecified atom stereocenters. The van der Waals surface area contributed by atoms with E-state index >= 15 is 0 Å². The average molecular weight is 381 g/mol. The van der Waals surface area contributed by atoms with Crippen LogP contribution in [0.1, 0.15) is 37.0 Å². The maximum atomic E-state index is 11.8. The molecular formula is C19H32N4O2S. The topological polar surface area (TPSA) is 66.0 Å². The van der Waals surface area contributed by atoms with Gasteiger partial charge in [-0.2, -0.15) is 0 Å². The number of guanidine groups is 1. The van der Waals surface area contributed by atoms with Gasteiger partial charge in [-0.1, -0.05) is 6.07 Å². The number of aliphatic imine (C=N–C) groups is 1. The minimum absolute atomic E-state index is 0.0000348. The third-order valence-electron chi connectivity index (χ3n) is 4.38. The molecule has 26 heavy (non-hydrogen) atoms. The van der Waals surface area contributed by atoms with Crippen LogP contribution >= 0.6 is 11.3 Å². The molecule has 1 aliphatic heterocycles. The lowest BCUT2D eigenvalue weighted by atomic mass is 10.0. The van der Waals surface area contributed by atoms with Gasteiger partial charge in [-0.05, 0) is 50.0 Å². The Morgan fingerprint density at radius 3 is 2.88 bits per heavy atom. The molecule has 1 amide bonds. The molecule has 2 N–H and O–H groups in total. The first-order chi connectivity index (χ1) is 12.6. The summed E-state index contributed by atoms with van der Waals surface area (Å²) >= 11 is 1.76. The quantitative estimate of drug-likeness (QED) is 0.392. The van der Waals surface area contributed by atoms with E-state index in [1.807, 2.05) is 0 Å². The maximum absolute atomic E-state index is 11.8. The summed E-state index contributed by atoms with van der Waals surface area (Å²) in [6, 6.07) is 4.20. The van der Waals surface area contributed by atoms with Gasteiger partial charge >= 0.3 is 0 Å². The lowest BCUT2D eigenvalue weighted by molar-refractivity contribution is -0.127. The van der Waals surface area contributed by atoms with Crippen molar-refractivity contribution in [2.24, 2.45) is 4.99 Å².